The van der Waals surface area contributed by atoms with Crippen molar-refractivity contribution in [3.05, 3.63) is 52.2 Å². The summed E-state index contributed by atoms with van der Waals surface area (Å²) in [4.78, 5) is 8.35. The lowest BCUT2D eigenvalue weighted by Gasteiger charge is -2.27. The molecule has 0 spiro atoms. The van der Waals surface area contributed by atoms with E-state index in [2.05, 4.69) is 32.0 Å². The van der Waals surface area contributed by atoms with E-state index in [0.29, 0.717) is 6.61 Å². The van der Waals surface area contributed by atoms with E-state index in [1.165, 1.54) is 12.0 Å². The van der Waals surface area contributed by atoms with Gasteiger partial charge < -0.3 is 15.4 Å². The first kappa shape index (κ1) is 22.0. The number of benzene rings is 1. The van der Waals surface area contributed by atoms with E-state index in [1.54, 1.807) is 4.88 Å². The van der Waals surface area contributed by atoms with Gasteiger partial charge in [0.25, 0.3) is 0 Å². The molecule has 0 radical (unpaired) electrons. The fourth-order valence-corrected chi connectivity index (χ4v) is 3.93. The number of hydrogen-bond acceptors (Lipinski definition) is 4. The average molecular weight is 500 g/mol. The number of ether oxygens (including phenoxy) is 1. The van der Waals surface area contributed by atoms with Crippen LogP contribution in [0.2, 0.25) is 0 Å². The van der Waals surface area contributed by atoms with Gasteiger partial charge in [0.15, 0.2) is 5.96 Å². The molecule has 0 aliphatic carbocycles. The second-order valence-electron chi connectivity index (χ2n) is 6.34. The third-order valence-corrected chi connectivity index (χ3v) is 5.48. The van der Waals surface area contributed by atoms with Crippen LogP contribution in [-0.4, -0.2) is 50.7 Å². The van der Waals surface area contributed by atoms with Gasteiger partial charge in [0.1, 0.15) is 5.75 Å². The molecule has 2 aromatic rings. The molecule has 0 saturated carbocycles. The summed E-state index contributed by atoms with van der Waals surface area (Å²) in [5, 5.41) is 8.96. The maximum atomic E-state index is 5.70. The molecule has 1 aliphatic rings. The molecule has 0 amide bonds. The monoisotopic (exact) mass is 500 g/mol. The SMILES string of the molecule is CN=C(NCCCOc1ccccc1)NCCN1CCc2sccc2C1.I. The summed E-state index contributed by atoms with van der Waals surface area (Å²) in [6.45, 7) is 5.70. The fraction of sp³-hybridized carbons (Fsp3) is 0.450. The predicted molar refractivity (Wildman–Crippen MR) is 125 cm³/mol. The Labute approximate surface area is 183 Å². The van der Waals surface area contributed by atoms with Gasteiger partial charge in [-0.15, -0.1) is 35.3 Å². The summed E-state index contributed by atoms with van der Waals surface area (Å²) < 4.78 is 5.70. The lowest BCUT2D eigenvalue weighted by molar-refractivity contribution is 0.260. The molecule has 0 fully saturated rings. The summed E-state index contributed by atoms with van der Waals surface area (Å²) in [5.74, 6) is 1.78. The normalized spacial score (nSPS) is 14.2. The first-order valence-corrected chi connectivity index (χ1v) is 10.1. The number of halogens is 1. The number of aliphatic imine (C=N–C) groups is 1. The molecule has 0 saturated heterocycles. The van der Waals surface area contributed by atoms with Crippen LogP contribution in [0.15, 0.2) is 46.8 Å². The smallest absolute Gasteiger partial charge is 0.191 e. The van der Waals surface area contributed by atoms with Gasteiger partial charge in [0.2, 0.25) is 0 Å². The van der Waals surface area contributed by atoms with E-state index in [4.69, 9.17) is 4.74 Å². The minimum absolute atomic E-state index is 0. The van der Waals surface area contributed by atoms with Crippen LogP contribution in [0.1, 0.15) is 16.9 Å². The van der Waals surface area contributed by atoms with Crippen LogP contribution in [0.25, 0.3) is 0 Å². The highest BCUT2D eigenvalue weighted by molar-refractivity contribution is 14.0. The lowest BCUT2D eigenvalue weighted by atomic mass is 10.1. The van der Waals surface area contributed by atoms with Crippen LogP contribution in [-0.2, 0) is 13.0 Å². The molecule has 1 aromatic heterocycles. The van der Waals surface area contributed by atoms with Gasteiger partial charge in [0, 0.05) is 44.6 Å². The van der Waals surface area contributed by atoms with Crippen LogP contribution in [0.4, 0.5) is 0 Å². The fourth-order valence-electron chi connectivity index (χ4n) is 3.04. The molecule has 0 atom stereocenters. The Kier molecular flexibility index (Phi) is 9.93. The Morgan fingerprint density at radius 3 is 2.81 bits per heavy atom. The number of fused-ring (bicyclic) bond motifs is 1. The number of nitrogens with one attached hydrogen (secondary N) is 2. The van der Waals surface area contributed by atoms with Crippen molar-refractivity contribution in [2.45, 2.75) is 19.4 Å². The second-order valence-corrected chi connectivity index (χ2v) is 7.34. The standard InChI is InChI=1S/C20H28N4OS.HI/c1-21-20(22-10-5-14-25-18-6-3-2-4-7-18)23-11-13-24-12-8-19-17(16-24)9-15-26-19;/h2-4,6-7,9,15H,5,8,10-14,16H2,1H3,(H2,21,22,23);1H. The summed E-state index contributed by atoms with van der Waals surface area (Å²) >= 11 is 1.89. The Morgan fingerprint density at radius 2 is 2.00 bits per heavy atom. The van der Waals surface area contributed by atoms with Crippen LogP contribution in [0.5, 0.6) is 5.75 Å². The summed E-state index contributed by atoms with van der Waals surface area (Å²) in [7, 11) is 1.81. The number of nitrogens with zero attached hydrogens (tertiary/aromatic N) is 2. The summed E-state index contributed by atoms with van der Waals surface area (Å²) in [5.41, 5.74) is 1.50. The first-order chi connectivity index (χ1) is 12.8. The quantitative estimate of drug-likeness (QED) is 0.253. The molecule has 148 valence electrons. The van der Waals surface area contributed by atoms with E-state index in [0.717, 1.165) is 50.9 Å². The number of para-hydroxylation sites is 1. The van der Waals surface area contributed by atoms with Gasteiger partial charge >= 0.3 is 0 Å². The Hall–Kier alpha value is -1.32. The van der Waals surface area contributed by atoms with Crippen molar-refractivity contribution in [2.75, 3.05) is 39.8 Å². The zero-order valence-electron chi connectivity index (χ0n) is 15.8. The van der Waals surface area contributed by atoms with Gasteiger partial charge in [-0.05, 0) is 42.0 Å². The van der Waals surface area contributed by atoms with Crippen molar-refractivity contribution in [1.82, 2.24) is 15.5 Å². The van der Waals surface area contributed by atoms with Crippen LogP contribution >= 0.6 is 35.3 Å². The molecule has 5 nitrogen and oxygen atoms in total. The van der Waals surface area contributed by atoms with Gasteiger partial charge in [-0.25, -0.2) is 0 Å². The van der Waals surface area contributed by atoms with E-state index < -0.39 is 0 Å². The van der Waals surface area contributed by atoms with Crippen LogP contribution in [0.3, 0.4) is 0 Å². The van der Waals surface area contributed by atoms with Gasteiger partial charge in [0.05, 0.1) is 6.61 Å². The topological polar surface area (TPSA) is 48.9 Å². The molecule has 7 heteroatoms. The minimum atomic E-state index is 0. The zero-order valence-corrected chi connectivity index (χ0v) is 19.0. The van der Waals surface area contributed by atoms with Crippen LogP contribution in [0, 0.1) is 0 Å². The third-order valence-electron chi connectivity index (χ3n) is 4.46. The van der Waals surface area contributed by atoms with E-state index in [-0.39, 0.29) is 24.0 Å². The van der Waals surface area contributed by atoms with Crippen LogP contribution < -0.4 is 15.4 Å². The Bertz CT molecular complexity index is 692. The highest BCUT2D eigenvalue weighted by Gasteiger charge is 2.16. The minimum Gasteiger partial charge on any atom is -0.494 e. The average Bonchev–Trinajstić information content (AvgIpc) is 3.15. The van der Waals surface area contributed by atoms with E-state index >= 15 is 0 Å². The van der Waals surface area contributed by atoms with Gasteiger partial charge in [-0.1, -0.05) is 18.2 Å². The van der Waals surface area contributed by atoms with Crippen molar-refractivity contribution in [2.24, 2.45) is 4.99 Å². The molecule has 0 bridgehead atoms. The second kappa shape index (κ2) is 12.2. The number of hydrogen-bond donors (Lipinski definition) is 2. The molecule has 0 unspecified atom stereocenters. The van der Waals surface area contributed by atoms with Crippen molar-refractivity contribution in [3.63, 3.8) is 0 Å². The number of rotatable bonds is 8. The van der Waals surface area contributed by atoms with E-state index in [9.17, 15) is 0 Å². The largest absolute Gasteiger partial charge is 0.494 e. The third kappa shape index (κ3) is 7.31. The summed E-state index contributed by atoms with van der Waals surface area (Å²) in [6.07, 6.45) is 2.12. The summed E-state index contributed by atoms with van der Waals surface area (Å²) in [6, 6.07) is 12.2. The predicted octanol–water partition coefficient (Wildman–Crippen LogP) is 3.36. The highest BCUT2D eigenvalue weighted by Crippen LogP contribution is 2.23. The molecule has 1 aromatic carbocycles. The maximum absolute atomic E-state index is 5.70. The highest BCUT2D eigenvalue weighted by atomic mass is 127. The molecular formula is C20H29IN4OS. The maximum Gasteiger partial charge on any atom is 0.191 e. The van der Waals surface area contributed by atoms with Crippen molar-refractivity contribution >= 4 is 41.3 Å². The number of guanidine groups is 1. The van der Waals surface area contributed by atoms with Crippen molar-refractivity contribution in [3.8, 4) is 5.75 Å². The molecule has 1 aliphatic heterocycles. The molecule has 2 N–H and O–H groups in total. The molecular weight excluding hydrogens is 471 g/mol. The number of thiophene rings is 1. The van der Waals surface area contributed by atoms with Crippen molar-refractivity contribution < 1.29 is 4.74 Å². The molecule has 3 rings (SSSR count). The Balaban J connectivity index is 0.00000261. The van der Waals surface area contributed by atoms with Gasteiger partial charge in [-0.2, -0.15) is 0 Å². The first-order valence-electron chi connectivity index (χ1n) is 9.25. The van der Waals surface area contributed by atoms with E-state index in [1.807, 2.05) is 48.7 Å². The molecule has 2 heterocycles. The molecule has 27 heavy (non-hydrogen) atoms. The zero-order chi connectivity index (χ0) is 18.0. The lowest BCUT2D eigenvalue weighted by Crippen LogP contribution is -2.42. The van der Waals surface area contributed by atoms with Gasteiger partial charge in [-0.3, -0.25) is 9.89 Å². The Morgan fingerprint density at radius 1 is 1.19 bits per heavy atom. The van der Waals surface area contributed by atoms with Crippen molar-refractivity contribution in [1.29, 1.82) is 0 Å².